The van der Waals surface area contributed by atoms with E-state index in [2.05, 4.69) is 31.2 Å². The zero-order chi connectivity index (χ0) is 17.8. The van der Waals surface area contributed by atoms with Crippen molar-refractivity contribution in [2.75, 3.05) is 0 Å². The van der Waals surface area contributed by atoms with Crippen LogP contribution in [0.1, 0.15) is 16.7 Å². The zero-order valence-corrected chi connectivity index (χ0v) is 15.5. The van der Waals surface area contributed by atoms with Gasteiger partial charge in [-0.1, -0.05) is 53.6 Å². The molecule has 0 aliphatic rings. The van der Waals surface area contributed by atoms with Gasteiger partial charge in [-0.15, -0.1) is 0 Å². The highest BCUT2D eigenvalue weighted by atomic mass is 31.2. The van der Waals surface area contributed by atoms with E-state index in [0.717, 1.165) is 22.3 Å². The van der Waals surface area contributed by atoms with E-state index in [9.17, 15) is 4.89 Å². The van der Waals surface area contributed by atoms with E-state index in [-0.39, 0.29) is 0 Å². The van der Waals surface area contributed by atoms with E-state index >= 15 is 0 Å². The van der Waals surface area contributed by atoms with Gasteiger partial charge in [0.2, 0.25) is 0 Å². The van der Waals surface area contributed by atoms with Crippen molar-refractivity contribution in [2.24, 2.45) is 0 Å². The topological polar surface area (TPSA) is 38.7 Å². The second-order valence-electron chi connectivity index (χ2n) is 6.08. The van der Waals surface area contributed by atoms with Gasteiger partial charge < -0.3 is 13.9 Å². The Morgan fingerprint density at radius 1 is 0.720 bits per heavy atom. The van der Waals surface area contributed by atoms with Gasteiger partial charge in [-0.3, -0.25) is 0 Å². The first-order valence-electron chi connectivity index (χ1n) is 8.10. The molecule has 0 bridgehead atoms. The van der Waals surface area contributed by atoms with Gasteiger partial charge in [-0.2, -0.15) is 0 Å². The fourth-order valence-electron chi connectivity index (χ4n) is 2.55. The molecular formula is C21H21O3P. The first kappa shape index (κ1) is 17.5. The largest absolute Gasteiger partial charge is 0.460 e. The highest BCUT2D eigenvalue weighted by Crippen LogP contribution is 2.38. The average molecular weight is 352 g/mol. The number of hydrogen-bond acceptors (Lipinski definition) is 3. The summed E-state index contributed by atoms with van der Waals surface area (Å²) in [6.07, 6.45) is 0. The van der Waals surface area contributed by atoms with Crippen LogP contribution < -0.4 is 9.05 Å². The van der Waals surface area contributed by atoms with Crippen LogP contribution in [-0.4, -0.2) is 4.89 Å². The molecule has 1 unspecified atom stereocenters. The highest BCUT2D eigenvalue weighted by molar-refractivity contribution is 7.41. The molecule has 0 radical (unpaired) electrons. The van der Waals surface area contributed by atoms with Crippen LogP contribution in [0.25, 0.3) is 11.1 Å². The lowest BCUT2D eigenvalue weighted by Crippen LogP contribution is -1.96. The number of rotatable bonds is 5. The van der Waals surface area contributed by atoms with Crippen LogP contribution in [0.4, 0.5) is 0 Å². The summed E-state index contributed by atoms with van der Waals surface area (Å²) in [5, 5.41) is 0. The zero-order valence-electron chi connectivity index (χ0n) is 14.6. The summed E-state index contributed by atoms with van der Waals surface area (Å²) < 4.78 is 11.0. The lowest BCUT2D eigenvalue weighted by atomic mass is 10.0. The molecule has 3 aromatic rings. The molecule has 0 aliphatic heterocycles. The summed E-state index contributed by atoms with van der Waals surface area (Å²) in [5.74, 6) is 1.21. The SMILES string of the molecule is Cc1ccc(OP(O)Oc2ccc(-c3cccc(C)c3)cc2C)cc1. The first-order chi connectivity index (χ1) is 12.0. The van der Waals surface area contributed by atoms with Gasteiger partial charge in [-0.25, -0.2) is 0 Å². The average Bonchev–Trinajstić information content (AvgIpc) is 2.59. The number of aryl methyl sites for hydroxylation is 3. The molecule has 0 heterocycles. The van der Waals surface area contributed by atoms with Crippen LogP contribution in [0.2, 0.25) is 0 Å². The van der Waals surface area contributed by atoms with Crippen molar-refractivity contribution in [1.29, 1.82) is 0 Å². The Bertz CT molecular complexity index is 859. The number of benzene rings is 3. The first-order valence-corrected chi connectivity index (χ1v) is 9.23. The van der Waals surface area contributed by atoms with E-state index in [1.807, 2.05) is 56.3 Å². The summed E-state index contributed by atoms with van der Waals surface area (Å²) in [7, 11) is -2.03. The monoisotopic (exact) mass is 352 g/mol. The van der Waals surface area contributed by atoms with Crippen molar-refractivity contribution >= 4 is 8.60 Å². The summed E-state index contributed by atoms with van der Waals surface area (Å²) in [4.78, 5) is 10.1. The normalized spacial score (nSPS) is 11.8. The highest BCUT2D eigenvalue weighted by Gasteiger charge is 2.13. The molecule has 0 saturated carbocycles. The van der Waals surface area contributed by atoms with Gasteiger partial charge in [0.15, 0.2) is 0 Å². The summed E-state index contributed by atoms with van der Waals surface area (Å²) >= 11 is 0. The molecule has 25 heavy (non-hydrogen) atoms. The van der Waals surface area contributed by atoms with Crippen LogP contribution >= 0.6 is 8.60 Å². The van der Waals surface area contributed by atoms with Gasteiger partial charge >= 0.3 is 8.60 Å². The van der Waals surface area contributed by atoms with E-state index in [1.165, 1.54) is 5.56 Å². The molecule has 0 saturated heterocycles. The second-order valence-corrected chi connectivity index (χ2v) is 6.92. The molecule has 1 atom stereocenters. The van der Waals surface area contributed by atoms with E-state index in [0.29, 0.717) is 11.5 Å². The van der Waals surface area contributed by atoms with Crippen molar-refractivity contribution in [3.8, 4) is 22.6 Å². The molecule has 0 amide bonds. The third-order valence-electron chi connectivity index (χ3n) is 3.91. The Morgan fingerprint density at radius 2 is 1.44 bits per heavy atom. The Balaban J connectivity index is 1.71. The van der Waals surface area contributed by atoms with E-state index < -0.39 is 8.60 Å². The lowest BCUT2D eigenvalue weighted by Gasteiger charge is -2.15. The maximum atomic E-state index is 10.1. The molecular weight excluding hydrogens is 331 g/mol. The summed E-state index contributed by atoms with van der Waals surface area (Å²) in [6.45, 7) is 6.04. The minimum atomic E-state index is -2.03. The molecule has 0 fully saturated rings. The second kappa shape index (κ2) is 7.69. The van der Waals surface area contributed by atoms with Crippen LogP contribution in [0.15, 0.2) is 66.7 Å². The van der Waals surface area contributed by atoms with Crippen LogP contribution in [0, 0.1) is 20.8 Å². The van der Waals surface area contributed by atoms with Crippen molar-refractivity contribution in [3.05, 3.63) is 83.4 Å². The Labute approximate surface area is 149 Å². The van der Waals surface area contributed by atoms with Crippen LogP contribution in [0.3, 0.4) is 0 Å². The quantitative estimate of drug-likeness (QED) is 0.576. The van der Waals surface area contributed by atoms with Crippen molar-refractivity contribution in [2.45, 2.75) is 20.8 Å². The molecule has 1 N–H and O–H groups in total. The van der Waals surface area contributed by atoms with Crippen molar-refractivity contribution < 1.29 is 13.9 Å². The predicted octanol–water partition coefficient (Wildman–Crippen LogP) is 5.96. The summed E-state index contributed by atoms with van der Waals surface area (Å²) in [6, 6.07) is 21.8. The smallest absolute Gasteiger partial charge is 0.418 e. The molecule has 3 aromatic carbocycles. The lowest BCUT2D eigenvalue weighted by molar-refractivity contribution is 0.380. The minimum absolute atomic E-state index is 0.591. The summed E-state index contributed by atoms with van der Waals surface area (Å²) in [5.41, 5.74) is 5.60. The fourth-order valence-corrected chi connectivity index (χ4v) is 3.26. The van der Waals surface area contributed by atoms with Gasteiger partial charge in [0.05, 0.1) is 0 Å². The molecule has 3 rings (SSSR count). The standard InChI is InChI=1S/C21H21O3P/c1-15-7-10-20(11-8-15)23-25(22)24-21-12-9-19(14-17(21)3)18-6-4-5-16(2)13-18/h4-14,22H,1-3H3. The van der Waals surface area contributed by atoms with Crippen molar-refractivity contribution in [3.63, 3.8) is 0 Å². The third kappa shape index (κ3) is 4.60. The van der Waals surface area contributed by atoms with Gasteiger partial charge in [-0.05, 0) is 61.7 Å². The third-order valence-corrected chi connectivity index (χ3v) is 4.63. The maximum Gasteiger partial charge on any atom is 0.460 e. The number of hydrogen-bond donors (Lipinski definition) is 1. The molecule has 0 aliphatic carbocycles. The Hall–Kier alpha value is -2.35. The molecule has 3 nitrogen and oxygen atoms in total. The predicted molar refractivity (Wildman–Crippen MR) is 103 cm³/mol. The van der Waals surface area contributed by atoms with Gasteiger partial charge in [0.1, 0.15) is 11.5 Å². The fraction of sp³-hybridized carbons (Fsp3) is 0.143. The van der Waals surface area contributed by atoms with E-state index in [1.54, 1.807) is 0 Å². The molecule has 0 spiro atoms. The van der Waals surface area contributed by atoms with E-state index in [4.69, 9.17) is 9.05 Å². The Kier molecular flexibility index (Phi) is 5.37. The van der Waals surface area contributed by atoms with Crippen molar-refractivity contribution in [1.82, 2.24) is 0 Å². The molecule has 4 heteroatoms. The van der Waals surface area contributed by atoms with Crippen LogP contribution in [-0.2, 0) is 0 Å². The van der Waals surface area contributed by atoms with Gasteiger partial charge in [0, 0.05) is 0 Å². The minimum Gasteiger partial charge on any atom is -0.418 e. The Morgan fingerprint density at radius 3 is 2.12 bits per heavy atom. The molecule has 0 aromatic heterocycles. The molecule has 128 valence electrons. The maximum absolute atomic E-state index is 10.1. The van der Waals surface area contributed by atoms with Crippen LogP contribution in [0.5, 0.6) is 11.5 Å². The van der Waals surface area contributed by atoms with Gasteiger partial charge in [0.25, 0.3) is 0 Å².